The van der Waals surface area contributed by atoms with Gasteiger partial charge >= 0.3 is 0 Å². The van der Waals surface area contributed by atoms with Crippen LogP contribution in [0.25, 0.3) is 0 Å². The summed E-state index contributed by atoms with van der Waals surface area (Å²) in [7, 11) is 0. The highest BCUT2D eigenvalue weighted by atomic mass is 14.9. The van der Waals surface area contributed by atoms with E-state index in [1.54, 1.807) is 0 Å². The van der Waals surface area contributed by atoms with Crippen molar-refractivity contribution in [2.45, 2.75) is 65.2 Å². The molecule has 0 spiro atoms. The summed E-state index contributed by atoms with van der Waals surface area (Å²) in [5.41, 5.74) is 3.31. The van der Waals surface area contributed by atoms with Gasteiger partial charge in [0.2, 0.25) is 0 Å². The molecule has 3 nitrogen and oxygen atoms in total. The molecule has 2 aliphatic rings. The summed E-state index contributed by atoms with van der Waals surface area (Å²) in [5.74, 6) is 1.76. The second-order valence-corrected chi connectivity index (χ2v) is 8.08. The number of rotatable bonds is 1. The monoisotopic (exact) mass is 295 g/mol. The second-order valence-electron chi connectivity index (χ2n) is 8.08. The van der Waals surface area contributed by atoms with Crippen LogP contribution in [0.5, 0.6) is 0 Å². The Balaban J connectivity index is 2.21. The van der Waals surface area contributed by atoms with Gasteiger partial charge in [0.25, 0.3) is 0 Å². The number of nitrogens with zero attached hydrogens (tertiary/aromatic N) is 3. The summed E-state index contributed by atoms with van der Waals surface area (Å²) in [6, 6.07) is 2.40. The van der Waals surface area contributed by atoms with Crippen molar-refractivity contribution < 1.29 is 0 Å². The van der Waals surface area contributed by atoms with E-state index in [1.165, 1.54) is 5.56 Å². The molecule has 0 aliphatic heterocycles. The highest BCUT2D eigenvalue weighted by molar-refractivity contribution is 5.42. The zero-order chi connectivity index (χ0) is 16.1. The molecule has 0 saturated carbocycles. The lowest BCUT2D eigenvalue weighted by atomic mass is 9.53. The van der Waals surface area contributed by atoms with Crippen molar-refractivity contribution in [2.24, 2.45) is 11.3 Å². The summed E-state index contributed by atoms with van der Waals surface area (Å²) < 4.78 is 0. The van der Waals surface area contributed by atoms with Gasteiger partial charge in [0.05, 0.1) is 11.8 Å². The molecular weight excluding hydrogens is 270 g/mol. The van der Waals surface area contributed by atoms with Gasteiger partial charge in [-0.2, -0.15) is 5.26 Å². The van der Waals surface area contributed by atoms with Crippen LogP contribution >= 0.6 is 0 Å². The zero-order valence-electron chi connectivity index (χ0n) is 14.3. The average Bonchev–Trinajstić information content (AvgIpc) is 2.45. The fourth-order valence-corrected chi connectivity index (χ4v) is 4.58. The minimum Gasteiger partial charge on any atom is -0.241 e. The second kappa shape index (κ2) is 4.91. The van der Waals surface area contributed by atoms with E-state index in [9.17, 15) is 5.26 Å². The van der Waals surface area contributed by atoms with E-state index in [2.05, 4.69) is 51.7 Å². The first kappa shape index (κ1) is 15.2. The Morgan fingerprint density at radius 2 is 2.05 bits per heavy atom. The molecule has 1 heterocycles. The van der Waals surface area contributed by atoms with Crippen LogP contribution in [-0.4, -0.2) is 9.97 Å². The quantitative estimate of drug-likeness (QED) is 0.776. The van der Waals surface area contributed by atoms with Crippen molar-refractivity contribution in [2.75, 3.05) is 0 Å². The number of aromatic nitrogens is 2. The first-order valence-corrected chi connectivity index (χ1v) is 8.26. The molecule has 2 atom stereocenters. The Labute approximate surface area is 133 Å². The number of fused-ring (bicyclic) bond motifs is 3. The molecule has 1 aromatic rings. The molecular formula is C19H25N3. The van der Waals surface area contributed by atoms with Gasteiger partial charge < -0.3 is 0 Å². The van der Waals surface area contributed by atoms with Crippen LogP contribution in [0.2, 0.25) is 0 Å². The first-order chi connectivity index (χ1) is 10.3. The van der Waals surface area contributed by atoms with Crippen LogP contribution in [0.1, 0.15) is 70.5 Å². The van der Waals surface area contributed by atoms with Crippen molar-refractivity contribution in [1.29, 1.82) is 5.26 Å². The molecule has 0 saturated heterocycles. The maximum absolute atomic E-state index is 9.47. The highest BCUT2D eigenvalue weighted by Crippen LogP contribution is 2.55. The van der Waals surface area contributed by atoms with E-state index in [1.807, 2.05) is 6.20 Å². The summed E-state index contributed by atoms with van der Waals surface area (Å²) in [6.45, 7) is 11.1. The number of nitriles is 1. The van der Waals surface area contributed by atoms with Crippen LogP contribution in [0.4, 0.5) is 0 Å². The molecule has 116 valence electrons. The predicted octanol–water partition coefficient (Wildman–Crippen LogP) is 4.30. The van der Waals surface area contributed by atoms with Crippen LogP contribution in [0, 0.1) is 22.7 Å². The Hall–Kier alpha value is -1.69. The smallest absolute Gasteiger partial charge is 0.131 e. The van der Waals surface area contributed by atoms with Crippen LogP contribution in [0.3, 0.4) is 0 Å². The largest absolute Gasteiger partial charge is 0.241 e. The van der Waals surface area contributed by atoms with Crippen molar-refractivity contribution in [1.82, 2.24) is 9.97 Å². The lowest BCUT2D eigenvalue weighted by Gasteiger charge is -2.51. The van der Waals surface area contributed by atoms with Crippen LogP contribution in [0.15, 0.2) is 17.8 Å². The highest BCUT2D eigenvalue weighted by Gasteiger charge is 2.50. The maximum Gasteiger partial charge on any atom is 0.131 e. The number of allylic oxidation sites excluding steroid dienone is 2. The van der Waals surface area contributed by atoms with Gasteiger partial charge in [-0.25, -0.2) is 9.97 Å². The third kappa shape index (κ3) is 2.17. The SMILES string of the molecule is CC(C)c1ncc2c(n1)[C@@]1(C)C=C(C#N)CC(C)(C)[C@@H]1CC2. The van der Waals surface area contributed by atoms with Crippen molar-refractivity contribution >= 4 is 0 Å². The lowest BCUT2D eigenvalue weighted by molar-refractivity contribution is 0.108. The van der Waals surface area contributed by atoms with E-state index in [0.717, 1.165) is 36.4 Å². The van der Waals surface area contributed by atoms with Gasteiger partial charge in [-0.3, -0.25) is 0 Å². The van der Waals surface area contributed by atoms with Gasteiger partial charge in [0.15, 0.2) is 0 Å². The molecule has 1 aromatic heterocycles. The third-order valence-electron chi connectivity index (χ3n) is 5.54. The topological polar surface area (TPSA) is 49.6 Å². The number of aryl methyl sites for hydroxylation is 1. The molecule has 0 radical (unpaired) electrons. The van der Waals surface area contributed by atoms with Gasteiger partial charge in [-0.05, 0) is 36.2 Å². The number of hydrogen-bond donors (Lipinski definition) is 0. The third-order valence-corrected chi connectivity index (χ3v) is 5.54. The standard InChI is InChI=1S/C19H25N3/c1-12(2)17-21-11-14-6-7-15-18(3,4)8-13(10-20)9-19(15,5)16(14)22-17/h9,11-12,15H,6-8H2,1-5H3/t15-,19-/m0/s1. The first-order valence-electron chi connectivity index (χ1n) is 8.26. The molecule has 0 unspecified atom stereocenters. The van der Waals surface area contributed by atoms with E-state index < -0.39 is 0 Å². The molecule has 0 amide bonds. The van der Waals surface area contributed by atoms with Gasteiger partial charge in [-0.15, -0.1) is 0 Å². The van der Waals surface area contributed by atoms with E-state index >= 15 is 0 Å². The van der Waals surface area contributed by atoms with E-state index in [4.69, 9.17) is 4.98 Å². The molecule has 3 rings (SSSR count). The predicted molar refractivity (Wildman–Crippen MR) is 87.4 cm³/mol. The normalized spacial score (nSPS) is 29.3. The zero-order valence-corrected chi connectivity index (χ0v) is 14.3. The number of hydrogen-bond acceptors (Lipinski definition) is 3. The minimum atomic E-state index is -0.146. The molecule has 0 fully saturated rings. The molecule has 22 heavy (non-hydrogen) atoms. The fraction of sp³-hybridized carbons (Fsp3) is 0.632. The minimum absolute atomic E-state index is 0.134. The van der Waals surface area contributed by atoms with Gasteiger partial charge in [0, 0.05) is 23.1 Å². The Bertz CT molecular complexity index is 678. The summed E-state index contributed by atoms with van der Waals surface area (Å²) >= 11 is 0. The van der Waals surface area contributed by atoms with Crippen LogP contribution < -0.4 is 0 Å². The van der Waals surface area contributed by atoms with E-state index in [-0.39, 0.29) is 10.8 Å². The van der Waals surface area contributed by atoms with E-state index in [0.29, 0.717) is 11.8 Å². The Morgan fingerprint density at radius 3 is 2.68 bits per heavy atom. The average molecular weight is 295 g/mol. The molecule has 3 heteroatoms. The van der Waals surface area contributed by atoms with Gasteiger partial charge in [0.1, 0.15) is 5.82 Å². The van der Waals surface area contributed by atoms with Gasteiger partial charge in [-0.1, -0.05) is 40.7 Å². The van der Waals surface area contributed by atoms with Crippen molar-refractivity contribution in [3.8, 4) is 6.07 Å². The summed E-state index contributed by atoms with van der Waals surface area (Å²) in [4.78, 5) is 9.48. The molecule has 2 aliphatic carbocycles. The lowest BCUT2D eigenvalue weighted by Crippen LogP contribution is -2.47. The molecule has 0 aromatic carbocycles. The Morgan fingerprint density at radius 1 is 1.32 bits per heavy atom. The van der Waals surface area contributed by atoms with Crippen LogP contribution in [-0.2, 0) is 11.8 Å². The summed E-state index contributed by atoms with van der Waals surface area (Å²) in [5, 5.41) is 9.47. The molecule has 0 N–H and O–H groups in total. The van der Waals surface area contributed by atoms with Crippen molar-refractivity contribution in [3.05, 3.63) is 34.9 Å². The molecule has 0 bridgehead atoms. The van der Waals surface area contributed by atoms with Crippen molar-refractivity contribution in [3.63, 3.8) is 0 Å². The Kier molecular flexibility index (Phi) is 3.40. The summed E-state index contributed by atoms with van der Waals surface area (Å²) in [6.07, 6.45) is 7.28. The fourth-order valence-electron chi connectivity index (χ4n) is 4.58. The maximum atomic E-state index is 9.47.